The summed E-state index contributed by atoms with van der Waals surface area (Å²) in [6.07, 6.45) is 3.49. The van der Waals surface area contributed by atoms with Crippen molar-refractivity contribution in [2.45, 2.75) is 33.1 Å². The lowest BCUT2D eigenvalue weighted by Crippen LogP contribution is -2.47. The van der Waals surface area contributed by atoms with Crippen LogP contribution in [-0.2, 0) is 12.5 Å². The number of pyridine rings is 1. The summed E-state index contributed by atoms with van der Waals surface area (Å²) in [5.74, 6) is 1.46. The molecule has 1 aliphatic rings. The molecule has 4 aromatic rings. The molecule has 0 radical (unpaired) electrons. The van der Waals surface area contributed by atoms with E-state index in [-0.39, 0.29) is 11.3 Å². The van der Waals surface area contributed by atoms with E-state index in [9.17, 15) is 5.11 Å². The molecule has 35 heavy (non-hydrogen) atoms. The molecule has 5 rings (SSSR count). The zero-order chi connectivity index (χ0) is 24.7. The molecule has 1 aromatic carbocycles. The summed E-state index contributed by atoms with van der Waals surface area (Å²) in [5, 5.41) is 13.1. The largest absolute Gasteiger partial charge is 0.493 e. The molecule has 0 bridgehead atoms. The van der Waals surface area contributed by atoms with Crippen molar-refractivity contribution in [1.29, 1.82) is 0 Å². The molecule has 4 heterocycles. The third kappa shape index (κ3) is 4.58. The van der Waals surface area contributed by atoms with Gasteiger partial charge < -0.3 is 24.8 Å². The minimum absolute atomic E-state index is 0.0350. The molecule has 1 saturated heterocycles. The number of rotatable bonds is 4. The number of hydrogen-bond donors (Lipinski definition) is 2. The van der Waals surface area contributed by atoms with Gasteiger partial charge in [0.15, 0.2) is 11.5 Å². The maximum atomic E-state index is 9.47. The molecule has 9 nitrogen and oxygen atoms in total. The molecule has 0 aliphatic carbocycles. The van der Waals surface area contributed by atoms with Gasteiger partial charge in [-0.3, -0.25) is 0 Å². The molecule has 3 aromatic heterocycles. The van der Waals surface area contributed by atoms with E-state index in [0.717, 1.165) is 54.5 Å². The van der Waals surface area contributed by atoms with Crippen molar-refractivity contribution in [2.24, 2.45) is 7.05 Å². The van der Waals surface area contributed by atoms with E-state index < -0.39 is 0 Å². The highest BCUT2D eigenvalue weighted by Crippen LogP contribution is 2.31. The van der Waals surface area contributed by atoms with Crippen LogP contribution in [0.15, 0.2) is 42.9 Å². The van der Waals surface area contributed by atoms with Gasteiger partial charge in [0, 0.05) is 45.0 Å². The molecular formula is C26H32N8O. The Morgan fingerprint density at radius 3 is 2.37 bits per heavy atom. The monoisotopic (exact) mass is 472 g/mol. The van der Waals surface area contributed by atoms with E-state index in [4.69, 9.17) is 9.97 Å². The van der Waals surface area contributed by atoms with Gasteiger partial charge in [0.25, 0.3) is 0 Å². The molecule has 0 amide bonds. The minimum Gasteiger partial charge on any atom is -0.493 e. The van der Waals surface area contributed by atoms with Crippen molar-refractivity contribution in [3.8, 4) is 5.88 Å². The fourth-order valence-electron chi connectivity index (χ4n) is 4.35. The first-order valence-electron chi connectivity index (χ1n) is 11.9. The summed E-state index contributed by atoms with van der Waals surface area (Å²) in [6, 6.07) is 10.1. The van der Waals surface area contributed by atoms with Crippen LogP contribution >= 0.6 is 0 Å². The second-order valence-electron chi connectivity index (χ2n) is 10.2. The topological polar surface area (TPSA) is 95.2 Å². The van der Waals surface area contributed by atoms with Crippen LogP contribution < -0.4 is 15.1 Å². The number of imidazole rings is 1. The normalized spacial score (nSPS) is 14.5. The van der Waals surface area contributed by atoms with Crippen molar-refractivity contribution in [3.63, 3.8) is 0 Å². The van der Waals surface area contributed by atoms with E-state index in [0.29, 0.717) is 11.6 Å². The molecule has 182 valence electrons. The van der Waals surface area contributed by atoms with Crippen LogP contribution in [-0.4, -0.2) is 55.8 Å². The zero-order valence-electron chi connectivity index (χ0n) is 20.9. The van der Waals surface area contributed by atoms with Crippen LogP contribution in [0.1, 0.15) is 31.9 Å². The van der Waals surface area contributed by atoms with Gasteiger partial charge in [-0.15, -0.1) is 0 Å². The fourth-order valence-corrected chi connectivity index (χ4v) is 4.35. The van der Waals surface area contributed by atoms with Crippen LogP contribution in [0.25, 0.3) is 11.2 Å². The molecule has 0 spiro atoms. The van der Waals surface area contributed by atoms with Gasteiger partial charge in [-0.05, 0) is 35.6 Å². The minimum atomic E-state index is 0.0350. The molecule has 0 atom stereocenters. The number of aromatic hydroxyl groups is 1. The van der Waals surface area contributed by atoms with Crippen molar-refractivity contribution < 1.29 is 5.11 Å². The van der Waals surface area contributed by atoms with Crippen LogP contribution in [0.5, 0.6) is 5.88 Å². The van der Waals surface area contributed by atoms with E-state index in [1.807, 2.05) is 17.7 Å². The second-order valence-corrected chi connectivity index (χ2v) is 10.2. The summed E-state index contributed by atoms with van der Waals surface area (Å²) < 4.78 is 1.96. The van der Waals surface area contributed by atoms with E-state index in [1.54, 1.807) is 18.6 Å². The molecule has 2 N–H and O–H groups in total. The predicted octanol–water partition coefficient (Wildman–Crippen LogP) is 4.14. The first-order valence-corrected chi connectivity index (χ1v) is 11.9. The van der Waals surface area contributed by atoms with E-state index in [2.05, 4.69) is 71.0 Å². The third-order valence-electron chi connectivity index (χ3n) is 6.58. The Balaban J connectivity index is 1.44. The van der Waals surface area contributed by atoms with Crippen molar-refractivity contribution in [2.75, 3.05) is 41.3 Å². The SMILES string of the molecule is Cc1ccc(C(C)(C)C)cc1Nc1nc(N2CCN(c3ccc(O)nc3)CC2)nc2ncn(C)c12. The number of nitrogens with zero attached hydrogens (tertiary/aromatic N) is 7. The summed E-state index contributed by atoms with van der Waals surface area (Å²) in [5.41, 5.74) is 6.06. The lowest BCUT2D eigenvalue weighted by atomic mass is 9.86. The number of anilines is 4. The highest BCUT2D eigenvalue weighted by molar-refractivity contribution is 5.87. The van der Waals surface area contributed by atoms with Crippen molar-refractivity contribution in [1.82, 2.24) is 24.5 Å². The lowest BCUT2D eigenvalue weighted by Gasteiger charge is -2.36. The summed E-state index contributed by atoms with van der Waals surface area (Å²) in [7, 11) is 1.96. The van der Waals surface area contributed by atoms with Gasteiger partial charge in [-0.2, -0.15) is 9.97 Å². The van der Waals surface area contributed by atoms with Gasteiger partial charge in [-0.1, -0.05) is 32.9 Å². The number of nitrogens with one attached hydrogen (secondary N) is 1. The molecule has 9 heteroatoms. The van der Waals surface area contributed by atoms with E-state index in [1.165, 1.54) is 5.56 Å². The summed E-state index contributed by atoms with van der Waals surface area (Å²) >= 11 is 0. The second kappa shape index (κ2) is 8.72. The molecule has 1 fully saturated rings. The Kier molecular flexibility index (Phi) is 5.70. The maximum Gasteiger partial charge on any atom is 0.229 e. The molecule has 0 saturated carbocycles. The van der Waals surface area contributed by atoms with Crippen LogP contribution in [0.3, 0.4) is 0 Å². The van der Waals surface area contributed by atoms with Crippen molar-refractivity contribution >= 4 is 34.3 Å². The standard InChI is InChI=1S/C26H32N8O/c1-17-6-7-18(26(2,3)4)14-20(17)29-24-22-23(28-16-32(22)5)30-25(31-24)34-12-10-33(11-13-34)19-8-9-21(35)27-15-19/h6-9,14-16H,10-13H2,1-5H3,(H,27,35)(H,29,30,31). The van der Waals surface area contributed by atoms with E-state index >= 15 is 0 Å². The number of fused-ring (bicyclic) bond motifs is 1. The molecule has 1 aliphatic heterocycles. The summed E-state index contributed by atoms with van der Waals surface area (Å²) in [6.45, 7) is 11.9. The average Bonchev–Trinajstić information content (AvgIpc) is 3.21. The Morgan fingerprint density at radius 2 is 1.69 bits per heavy atom. The first kappa shape index (κ1) is 22.9. The number of hydrogen-bond acceptors (Lipinski definition) is 8. The highest BCUT2D eigenvalue weighted by Gasteiger charge is 2.23. The maximum absolute atomic E-state index is 9.47. The van der Waals surface area contributed by atoms with Gasteiger partial charge in [0.05, 0.1) is 18.2 Å². The fraction of sp³-hybridized carbons (Fsp3) is 0.385. The Bertz CT molecular complexity index is 1350. The van der Waals surface area contributed by atoms with Crippen LogP contribution in [0, 0.1) is 6.92 Å². The number of aromatic nitrogens is 5. The molecular weight excluding hydrogens is 440 g/mol. The van der Waals surface area contributed by atoms with Gasteiger partial charge in [0.1, 0.15) is 5.52 Å². The smallest absolute Gasteiger partial charge is 0.229 e. The lowest BCUT2D eigenvalue weighted by molar-refractivity contribution is 0.453. The Hall–Kier alpha value is -3.88. The first-order chi connectivity index (χ1) is 16.7. The van der Waals surface area contributed by atoms with Crippen LogP contribution in [0.2, 0.25) is 0 Å². The number of aryl methyl sites for hydroxylation is 2. The van der Waals surface area contributed by atoms with Gasteiger partial charge in [0.2, 0.25) is 11.8 Å². The highest BCUT2D eigenvalue weighted by atomic mass is 16.3. The molecule has 0 unspecified atom stereocenters. The summed E-state index contributed by atoms with van der Waals surface area (Å²) in [4.78, 5) is 22.7. The van der Waals surface area contributed by atoms with Crippen LogP contribution in [0.4, 0.5) is 23.1 Å². The van der Waals surface area contributed by atoms with Crippen molar-refractivity contribution in [3.05, 3.63) is 54.0 Å². The third-order valence-corrected chi connectivity index (χ3v) is 6.58. The number of piperazine rings is 1. The Morgan fingerprint density at radius 1 is 0.943 bits per heavy atom. The average molecular weight is 473 g/mol. The van der Waals surface area contributed by atoms with Gasteiger partial charge >= 0.3 is 0 Å². The van der Waals surface area contributed by atoms with Gasteiger partial charge in [-0.25, -0.2) is 9.97 Å². The quantitative estimate of drug-likeness (QED) is 0.458. The predicted molar refractivity (Wildman–Crippen MR) is 140 cm³/mol. The Labute approximate surface area is 205 Å². The number of benzene rings is 1. The zero-order valence-corrected chi connectivity index (χ0v) is 20.9.